The average molecular weight is 290 g/mol. The Morgan fingerprint density at radius 3 is 2.57 bits per heavy atom. The summed E-state index contributed by atoms with van der Waals surface area (Å²) in [6.07, 6.45) is 3.67. The second kappa shape index (κ2) is 6.39. The van der Waals surface area contributed by atoms with Gasteiger partial charge in [-0.25, -0.2) is 0 Å². The van der Waals surface area contributed by atoms with Crippen molar-refractivity contribution in [1.82, 2.24) is 0 Å². The fraction of sp³-hybridized carbons (Fsp3) is 0.684. The van der Waals surface area contributed by atoms with E-state index >= 15 is 0 Å². The van der Waals surface area contributed by atoms with Crippen molar-refractivity contribution in [1.29, 1.82) is 0 Å². The van der Waals surface area contributed by atoms with Crippen LogP contribution in [-0.4, -0.2) is 17.3 Å². The molecule has 21 heavy (non-hydrogen) atoms. The van der Waals surface area contributed by atoms with Crippen LogP contribution >= 0.6 is 0 Å². The third kappa shape index (κ3) is 3.79. The molecule has 2 heteroatoms. The third-order valence-corrected chi connectivity index (χ3v) is 5.38. The van der Waals surface area contributed by atoms with Gasteiger partial charge in [-0.3, -0.25) is 0 Å². The van der Waals surface area contributed by atoms with Gasteiger partial charge in [0.05, 0.1) is 6.10 Å². The van der Waals surface area contributed by atoms with Crippen LogP contribution in [0.25, 0.3) is 0 Å². The number of aliphatic hydroxyl groups is 1. The SMILES string of the molecule is CCC(C)(C)C1CCC(O)C(Oc2ccc(C)cc2C)C1. The lowest BCUT2D eigenvalue weighted by Gasteiger charge is -2.41. The van der Waals surface area contributed by atoms with Gasteiger partial charge in [-0.2, -0.15) is 0 Å². The molecule has 1 aromatic carbocycles. The molecule has 0 aromatic heterocycles. The summed E-state index contributed by atoms with van der Waals surface area (Å²) in [7, 11) is 0. The number of aryl methyl sites for hydroxylation is 2. The molecule has 0 saturated heterocycles. The number of benzene rings is 1. The molecule has 3 atom stereocenters. The number of aliphatic hydroxyl groups excluding tert-OH is 1. The zero-order valence-electron chi connectivity index (χ0n) is 14.1. The summed E-state index contributed by atoms with van der Waals surface area (Å²) >= 11 is 0. The molecule has 0 amide bonds. The Morgan fingerprint density at radius 2 is 1.95 bits per heavy atom. The number of hydrogen-bond donors (Lipinski definition) is 1. The number of ether oxygens (including phenoxy) is 1. The lowest BCUT2D eigenvalue weighted by atomic mass is 9.68. The van der Waals surface area contributed by atoms with Crippen LogP contribution in [0.1, 0.15) is 57.6 Å². The van der Waals surface area contributed by atoms with Crippen LogP contribution in [0, 0.1) is 25.2 Å². The van der Waals surface area contributed by atoms with E-state index in [-0.39, 0.29) is 12.2 Å². The van der Waals surface area contributed by atoms with Gasteiger partial charge in [-0.1, -0.05) is 44.9 Å². The van der Waals surface area contributed by atoms with Gasteiger partial charge in [0.2, 0.25) is 0 Å². The predicted octanol–water partition coefficient (Wildman–Crippen LogP) is 4.65. The minimum absolute atomic E-state index is 0.0732. The first-order valence-corrected chi connectivity index (χ1v) is 8.25. The minimum Gasteiger partial charge on any atom is -0.487 e. The molecule has 118 valence electrons. The first kappa shape index (κ1) is 16.4. The molecule has 1 fully saturated rings. The summed E-state index contributed by atoms with van der Waals surface area (Å²) in [6, 6.07) is 6.25. The van der Waals surface area contributed by atoms with Crippen molar-refractivity contribution in [2.45, 2.75) is 72.5 Å². The number of rotatable bonds is 4. The number of hydrogen-bond acceptors (Lipinski definition) is 2. The normalized spacial score (nSPS) is 26.7. The van der Waals surface area contributed by atoms with Gasteiger partial charge in [-0.05, 0) is 56.1 Å². The fourth-order valence-electron chi connectivity index (χ4n) is 3.33. The lowest BCUT2D eigenvalue weighted by Crippen LogP contribution is -2.42. The highest BCUT2D eigenvalue weighted by Crippen LogP contribution is 2.41. The van der Waals surface area contributed by atoms with Crippen LogP contribution in [-0.2, 0) is 0 Å². The van der Waals surface area contributed by atoms with Crippen molar-refractivity contribution in [2.24, 2.45) is 11.3 Å². The molecule has 1 aliphatic rings. The second-order valence-corrected chi connectivity index (χ2v) is 7.34. The molecular weight excluding hydrogens is 260 g/mol. The van der Waals surface area contributed by atoms with Crippen LogP contribution in [0.4, 0.5) is 0 Å². The lowest BCUT2D eigenvalue weighted by molar-refractivity contribution is -0.0336. The Bertz CT molecular complexity index is 478. The van der Waals surface area contributed by atoms with E-state index in [0.717, 1.165) is 30.6 Å². The maximum Gasteiger partial charge on any atom is 0.125 e. The Morgan fingerprint density at radius 1 is 1.24 bits per heavy atom. The first-order valence-electron chi connectivity index (χ1n) is 8.25. The Balaban J connectivity index is 2.10. The van der Waals surface area contributed by atoms with Gasteiger partial charge in [0.25, 0.3) is 0 Å². The van der Waals surface area contributed by atoms with Crippen LogP contribution in [0.15, 0.2) is 18.2 Å². The van der Waals surface area contributed by atoms with Gasteiger partial charge in [-0.15, -0.1) is 0 Å². The molecule has 0 aliphatic heterocycles. The Kier molecular flexibility index (Phi) is 4.98. The molecule has 2 rings (SSSR count). The molecule has 1 saturated carbocycles. The van der Waals surface area contributed by atoms with E-state index in [1.807, 2.05) is 6.07 Å². The quantitative estimate of drug-likeness (QED) is 0.874. The zero-order chi connectivity index (χ0) is 15.6. The van der Waals surface area contributed by atoms with Crippen LogP contribution in [0.5, 0.6) is 5.75 Å². The molecule has 0 heterocycles. The van der Waals surface area contributed by atoms with Crippen LogP contribution in [0.3, 0.4) is 0 Å². The topological polar surface area (TPSA) is 29.5 Å². The minimum atomic E-state index is -0.338. The van der Waals surface area contributed by atoms with Gasteiger partial charge in [0.1, 0.15) is 11.9 Å². The van der Waals surface area contributed by atoms with Crippen molar-refractivity contribution < 1.29 is 9.84 Å². The second-order valence-electron chi connectivity index (χ2n) is 7.34. The Labute approximate surface area is 129 Å². The van der Waals surface area contributed by atoms with E-state index in [1.165, 1.54) is 12.0 Å². The molecule has 0 bridgehead atoms. The molecule has 1 N–H and O–H groups in total. The van der Waals surface area contributed by atoms with Crippen LogP contribution in [0.2, 0.25) is 0 Å². The van der Waals surface area contributed by atoms with Crippen molar-refractivity contribution >= 4 is 0 Å². The smallest absolute Gasteiger partial charge is 0.125 e. The molecule has 0 radical (unpaired) electrons. The maximum atomic E-state index is 10.3. The summed E-state index contributed by atoms with van der Waals surface area (Å²) in [5, 5.41) is 10.3. The first-order chi connectivity index (χ1) is 9.83. The maximum absolute atomic E-state index is 10.3. The van der Waals surface area contributed by atoms with Gasteiger partial charge < -0.3 is 9.84 Å². The van der Waals surface area contributed by atoms with Gasteiger partial charge in [0.15, 0.2) is 0 Å². The van der Waals surface area contributed by atoms with Crippen molar-refractivity contribution in [2.75, 3.05) is 0 Å². The third-order valence-electron chi connectivity index (χ3n) is 5.38. The van der Waals surface area contributed by atoms with Crippen molar-refractivity contribution in [3.05, 3.63) is 29.3 Å². The summed E-state index contributed by atoms with van der Waals surface area (Å²) in [4.78, 5) is 0. The average Bonchev–Trinajstić information content (AvgIpc) is 2.43. The van der Waals surface area contributed by atoms with E-state index in [1.54, 1.807) is 0 Å². The molecule has 3 unspecified atom stereocenters. The van der Waals surface area contributed by atoms with E-state index in [0.29, 0.717) is 11.3 Å². The zero-order valence-corrected chi connectivity index (χ0v) is 14.1. The predicted molar refractivity (Wildman–Crippen MR) is 87.8 cm³/mol. The van der Waals surface area contributed by atoms with Crippen molar-refractivity contribution in [3.8, 4) is 5.75 Å². The largest absolute Gasteiger partial charge is 0.487 e. The Hall–Kier alpha value is -1.02. The molecule has 1 aliphatic carbocycles. The summed E-state index contributed by atoms with van der Waals surface area (Å²) in [5.74, 6) is 1.54. The monoisotopic (exact) mass is 290 g/mol. The standard InChI is InChI=1S/C19H30O2/c1-6-19(4,5)15-8-9-16(20)18(12-15)21-17-10-7-13(2)11-14(17)3/h7,10-11,15-16,18,20H,6,8-9,12H2,1-5H3. The molecule has 1 aromatic rings. The van der Waals surface area contributed by atoms with E-state index < -0.39 is 0 Å². The highest BCUT2D eigenvalue weighted by molar-refractivity contribution is 5.35. The fourth-order valence-corrected chi connectivity index (χ4v) is 3.33. The highest BCUT2D eigenvalue weighted by Gasteiger charge is 2.37. The molecular formula is C19H30O2. The van der Waals surface area contributed by atoms with Gasteiger partial charge >= 0.3 is 0 Å². The van der Waals surface area contributed by atoms with Gasteiger partial charge in [0, 0.05) is 0 Å². The van der Waals surface area contributed by atoms with Crippen LogP contribution < -0.4 is 4.74 Å². The summed E-state index contributed by atoms with van der Waals surface area (Å²) < 4.78 is 6.17. The molecule has 2 nitrogen and oxygen atoms in total. The summed E-state index contributed by atoms with van der Waals surface area (Å²) in [5.41, 5.74) is 2.72. The molecule has 0 spiro atoms. The highest BCUT2D eigenvalue weighted by atomic mass is 16.5. The summed E-state index contributed by atoms with van der Waals surface area (Å²) in [6.45, 7) is 11.1. The van der Waals surface area contributed by atoms with E-state index in [2.05, 4.69) is 46.8 Å². The van der Waals surface area contributed by atoms with E-state index in [4.69, 9.17) is 4.74 Å². The van der Waals surface area contributed by atoms with Crippen molar-refractivity contribution in [3.63, 3.8) is 0 Å². The van der Waals surface area contributed by atoms with E-state index in [9.17, 15) is 5.11 Å².